The number of aromatic nitrogens is 4. The second-order valence-electron chi connectivity index (χ2n) is 13.2. The highest BCUT2D eigenvalue weighted by atomic mass is 32.2. The van der Waals surface area contributed by atoms with E-state index in [9.17, 15) is 18.0 Å². The molecular formula is C29H46N6O6S. The Kier molecular flexibility index (Phi) is 9.71. The van der Waals surface area contributed by atoms with Crippen molar-refractivity contribution in [3.8, 4) is 0 Å². The van der Waals surface area contributed by atoms with Crippen LogP contribution in [0.3, 0.4) is 0 Å². The van der Waals surface area contributed by atoms with Gasteiger partial charge >= 0.3 is 6.09 Å². The monoisotopic (exact) mass is 606 g/mol. The van der Waals surface area contributed by atoms with E-state index in [0.717, 1.165) is 43.2 Å². The van der Waals surface area contributed by atoms with Crippen molar-refractivity contribution in [2.24, 2.45) is 5.92 Å². The molecule has 2 amide bonds. The molecule has 13 heteroatoms. The largest absolute Gasteiger partial charge is 0.446 e. The maximum absolute atomic E-state index is 13.0. The lowest BCUT2D eigenvalue weighted by molar-refractivity contribution is -0.115. The molecule has 3 unspecified atom stereocenters. The van der Waals surface area contributed by atoms with E-state index in [-0.39, 0.29) is 54.0 Å². The SMILES string of the molecule is CC(C)NC(=O)O[C@@H]1CC[C@H](c2cc(NC(=O)Cc3cnn(C4CCC(C)C(OS(C)(=O)=O)C4)c3)nn2C(C)(C)C)C1. The molecule has 0 radical (unpaired) electrons. The van der Waals surface area contributed by atoms with Gasteiger partial charge in [-0.05, 0) is 84.6 Å². The third kappa shape index (κ3) is 8.56. The number of nitrogens with zero attached hydrogens (tertiary/aromatic N) is 4. The number of anilines is 1. The predicted octanol–water partition coefficient (Wildman–Crippen LogP) is 4.49. The van der Waals surface area contributed by atoms with Gasteiger partial charge in [-0.3, -0.25) is 18.3 Å². The molecule has 2 aromatic heterocycles. The van der Waals surface area contributed by atoms with Gasteiger partial charge in [0, 0.05) is 29.9 Å². The molecule has 0 spiro atoms. The van der Waals surface area contributed by atoms with Crippen LogP contribution < -0.4 is 10.6 Å². The highest BCUT2D eigenvalue weighted by Crippen LogP contribution is 2.39. The Morgan fingerprint density at radius 3 is 2.55 bits per heavy atom. The van der Waals surface area contributed by atoms with E-state index in [1.54, 1.807) is 6.20 Å². The van der Waals surface area contributed by atoms with Crippen molar-refractivity contribution in [1.82, 2.24) is 24.9 Å². The lowest BCUT2D eigenvalue weighted by Gasteiger charge is -2.33. The average molecular weight is 607 g/mol. The van der Waals surface area contributed by atoms with E-state index in [0.29, 0.717) is 18.7 Å². The molecule has 5 atom stereocenters. The smallest absolute Gasteiger partial charge is 0.407 e. The van der Waals surface area contributed by atoms with Gasteiger partial charge in [0.05, 0.1) is 36.6 Å². The van der Waals surface area contributed by atoms with Gasteiger partial charge < -0.3 is 15.4 Å². The zero-order chi connectivity index (χ0) is 30.8. The zero-order valence-corrected chi connectivity index (χ0v) is 26.6. The van der Waals surface area contributed by atoms with Gasteiger partial charge in [0.2, 0.25) is 5.91 Å². The maximum Gasteiger partial charge on any atom is 0.407 e. The average Bonchev–Trinajstić information content (AvgIpc) is 3.59. The summed E-state index contributed by atoms with van der Waals surface area (Å²) in [6.07, 6.45) is 8.39. The summed E-state index contributed by atoms with van der Waals surface area (Å²) in [5.41, 5.74) is 1.47. The van der Waals surface area contributed by atoms with E-state index in [4.69, 9.17) is 14.0 Å². The van der Waals surface area contributed by atoms with Crippen LogP contribution in [-0.2, 0) is 35.8 Å². The molecule has 2 aromatic rings. The minimum atomic E-state index is -3.54. The fraction of sp³-hybridized carbons (Fsp3) is 0.724. The Labute approximate surface area is 249 Å². The molecule has 42 heavy (non-hydrogen) atoms. The first-order valence-electron chi connectivity index (χ1n) is 14.9. The minimum Gasteiger partial charge on any atom is -0.446 e. The summed E-state index contributed by atoms with van der Waals surface area (Å²) in [4.78, 5) is 25.1. The summed E-state index contributed by atoms with van der Waals surface area (Å²) in [6, 6.07) is 1.95. The van der Waals surface area contributed by atoms with Crippen molar-refractivity contribution in [1.29, 1.82) is 0 Å². The van der Waals surface area contributed by atoms with Crippen LogP contribution in [0.15, 0.2) is 18.5 Å². The Bertz CT molecular complexity index is 1360. The van der Waals surface area contributed by atoms with Gasteiger partial charge in [-0.2, -0.15) is 18.6 Å². The van der Waals surface area contributed by atoms with Crippen LogP contribution in [0.4, 0.5) is 10.6 Å². The summed E-state index contributed by atoms with van der Waals surface area (Å²) in [6.45, 7) is 12.0. The minimum absolute atomic E-state index is 0.00506. The van der Waals surface area contributed by atoms with Gasteiger partial charge in [0.1, 0.15) is 6.10 Å². The fourth-order valence-corrected chi connectivity index (χ4v) is 6.64. The van der Waals surface area contributed by atoms with Gasteiger partial charge in [-0.25, -0.2) is 4.79 Å². The third-order valence-electron chi connectivity index (χ3n) is 7.91. The molecule has 0 bridgehead atoms. The van der Waals surface area contributed by atoms with Crippen LogP contribution in [0.1, 0.15) is 103 Å². The summed E-state index contributed by atoms with van der Waals surface area (Å²) >= 11 is 0. The second-order valence-corrected chi connectivity index (χ2v) is 14.8. The molecular weight excluding hydrogens is 560 g/mol. The zero-order valence-electron chi connectivity index (χ0n) is 25.8. The topological polar surface area (TPSA) is 146 Å². The van der Waals surface area contributed by atoms with Crippen molar-refractivity contribution in [2.75, 3.05) is 11.6 Å². The van der Waals surface area contributed by atoms with Crippen LogP contribution in [0, 0.1) is 5.92 Å². The molecule has 12 nitrogen and oxygen atoms in total. The number of nitrogens with one attached hydrogen (secondary N) is 2. The molecule has 2 heterocycles. The normalized spacial score (nSPS) is 25.0. The Morgan fingerprint density at radius 2 is 1.88 bits per heavy atom. The van der Waals surface area contributed by atoms with Crippen molar-refractivity contribution < 1.29 is 26.9 Å². The predicted molar refractivity (Wildman–Crippen MR) is 159 cm³/mol. The quantitative estimate of drug-likeness (QED) is 0.397. The number of amides is 2. The van der Waals surface area contributed by atoms with Crippen molar-refractivity contribution >= 4 is 27.9 Å². The van der Waals surface area contributed by atoms with Crippen molar-refractivity contribution in [3.63, 3.8) is 0 Å². The van der Waals surface area contributed by atoms with Crippen LogP contribution in [0.5, 0.6) is 0 Å². The number of hydrogen-bond acceptors (Lipinski definition) is 8. The molecule has 0 saturated heterocycles. The Balaban J connectivity index is 1.38. The molecule has 2 N–H and O–H groups in total. The molecule has 2 fully saturated rings. The summed E-state index contributed by atoms with van der Waals surface area (Å²) in [7, 11) is -3.54. The molecule has 4 rings (SSSR count). The van der Waals surface area contributed by atoms with E-state index in [1.165, 1.54) is 0 Å². The van der Waals surface area contributed by atoms with Gasteiger partial charge in [-0.1, -0.05) is 6.92 Å². The highest BCUT2D eigenvalue weighted by Gasteiger charge is 2.34. The van der Waals surface area contributed by atoms with Gasteiger partial charge in [0.25, 0.3) is 10.1 Å². The Hall–Kier alpha value is -2.93. The number of hydrogen-bond donors (Lipinski definition) is 2. The van der Waals surface area contributed by atoms with Crippen LogP contribution in [-0.4, -0.2) is 64.5 Å². The number of ether oxygens (including phenoxy) is 1. The number of carbonyl (C=O) groups excluding carboxylic acids is 2. The molecule has 234 valence electrons. The third-order valence-corrected chi connectivity index (χ3v) is 8.51. The molecule has 2 aliphatic carbocycles. The first-order valence-corrected chi connectivity index (χ1v) is 16.7. The van der Waals surface area contributed by atoms with Gasteiger partial charge in [0.15, 0.2) is 5.82 Å². The fourth-order valence-electron chi connectivity index (χ4n) is 5.92. The summed E-state index contributed by atoms with van der Waals surface area (Å²) < 4.78 is 38.1. The lowest BCUT2D eigenvalue weighted by Crippen LogP contribution is -2.33. The van der Waals surface area contributed by atoms with E-state index in [1.807, 2.05) is 42.4 Å². The highest BCUT2D eigenvalue weighted by molar-refractivity contribution is 7.86. The molecule has 2 saturated carbocycles. The van der Waals surface area contributed by atoms with E-state index >= 15 is 0 Å². The van der Waals surface area contributed by atoms with Crippen LogP contribution in [0.2, 0.25) is 0 Å². The van der Waals surface area contributed by atoms with Crippen LogP contribution >= 0.6 is 0 Å². The summed E-state index contributed by atoms with van der Waals surface area (Å²) in [5, 5.41) is 14.9. The second kappa shape index (κ2) is 12.7. The number of carbonyl (C=O) groups is 2. The van der Waals surface area contributed by atoms with Crippen molar-refractivity contribution in [2.45, 2.75) is 122 Å². The van der Waals surface area contributed by atoms with E-state index < -0.39 is 16.2 Å². The first-order chi connectivity index (χ1) is 19.6. The van der Waals surface area contributed by atoms with Gasteiger partial charge in [-0.15, -0.1) is 0 Å². The first kappa shape index (κ1) is 32.0. The lowest BCUT2D eigenvalue weighted by atomic mass is 9.85. The Morgan fingerprint density at radius 1 is 1.14 bits per heavy atom. The maximum atomic E-state index is 13.0. The number of rotatable bonds is 9. The molecule has 2 aliphatic rings. The molecule has 0 aliphatic heterocycles. The van der Waals surface area contributed by atoms with Crippen molar-refractivity contribution in [3.05, 3.63) is 29.7 Å². The number of alkyl carbamates (subject to hydrolysis) is 1. The standard InChI is InChI=1S/C29H46N6O6S/c1-18(2)31-28(37)40-23-11-9-21(13-23)24-15-26(33-35(24)29(4,5)6)32-27(36)12-20-16-30-34(17-20)22-10-8-19(3)25(14-22)41-42(7,38)39/h15-19,21-23,25H,8-14H2,1-7H3,(H,31,37)(H,32,33,36)/t19?,21-,22?,23+,25?/m0/s1. The summed E-state index contributed by atoms with van der Waals surface area (Å²) in [5.74, 6) is 0.585. The van der Waals surface area contributed by atoms with Crippen LogP contribution in [0.25, 0.3) is 0 Å². The van der Waals surface area contributed by atoms with E-state index in [2.05, 4.69) is 36.5 Å². The molecule has 0 aromatic carbocycles.